The fourth-order valence-electron chi connectivity index (χ4n) is 2.24. The summed E-state index contributed by atoms with van der Waals surface area (Å²) in [5.41, 5.74) is 2.10. The van der Waals surface area contributed by atoms with Crippen molar-refractivity contribution >= 4 is 5.57 Å². The molecule has 0 saturated carbocycles. The van der Waals surface area contributed by atoms with E-state index in [4.69, 9.17) is 0 Å². The Bertz CT molecular complexity index is 411. The second-order valence-electron chi connectivity index (χ2n) is 4.83. The van der Waals surface area contributed by atoms with Crippen molar-refractivity contribution < 1.29 is 8.78 Å². The van der Waals surface area contributed by atoms with Crippen LogP contribution in [0.15, 0.2) is 30.3 Å². The Morgan fingerprint density at radius 3 is 2.50 bits per heavy atom. The predicted octanol–water partition coefficient (Wildman–Crippen LogP) is 4.23. The topological polar surface area (TPSA) is 3.24 Å². The fraction of sp³-hybridized carbons (Fsp3) is 0.467. The smallest absolute Gasteiger partial charge is 0.263 e. The normalized spacial score (nSPS) is 14.3. The van der Waals surface area contributed by atoms with E-state index in [0.29, 0.717) is 5.92 Å². The first-order chi connectivity index (χ1) is 8.45. The predicted molar refractivity (Wildman–Crippen MR) is 72.8 cm³/mol. The van der Waals surface area contributed by atoms with Gasteiger partial charge in [-0.2, -0.15) is 0 Å². The van der Waals surface area contributed by atoms with Crippen molar-refractivity contribution in [2.24, 2.45) is 5.92 Å². The van der Waals surface area contributed by atoms with E-state index < -0.39 is 6.43 Å². The van der Waals surface area contributed by atoms with Crippen molar-refractivity contribution in [2.75, 3.05) is 20.6 Å². The number of allylic oxidation sites excluding steroid dienone is 1. The number of hydrogen-bond acceptors (Lipinski definition) is 1. The Morgan fingerprint density at radius 2 is 2.00 bits per heavy atom. The van der Waals surface area contributed by atoms with Gasteiger partial charge in [0.05, 0.1) is 0 Å². The first-order valence-corrected chi connectivity index (χ1v) is 6.15. The van der Waals surface area contributed by atoms with Crippen LogP contribution in [-0.4, -0.2) is 25.5 Å². The van der Waals surface area contributed by atoms with Crippen LogP contribution in [0.1, 0.15) is 31.4 Å². The summed E-state index contributed by atoms with van der Waals surface area (Å²) in [6, 6.07) is 6.65. The molecule has 0 bridgehead atoms. The molecule has 0 fully saturated rings. The lowest BCUT2D eigenvalue weighted by Crippen LogP contribution is -2.20. The van der Waals surface area contributed by atoms with Gasteiger partial charge in [0, 0.05) is 12.1 Å². The zero-order valence-corrected chi connectivity index (χ0v) is 11.5. The van der Waals surface area contributed by atoms with Gasteiger partial charge in [-0.1, -0.05) is 31.2 Å². The number of rotatable bonds is 5. The van der Waals surface area contributed by atoms with Gasteiger partial charge in [-0.25, -0.2) is 8.78 Å². The molecule has 1 atom stereocenters. The maximum absolute atomic E-state index is 12.7. The minimum absolute atomic E-state index is 0.0869. The standard InChI is InChI=1S/C15H21F2N/c1-5-14(11(2)10-18(3)4)12-7-6-8-13(9-12)15(16)17/h5-9,11,15H,10H2,1-4H3. The van der Waals surface area contributed by atoms with Gasteiger partial charge in [0.25, 0.3) is 6.43 Å². The largest absolute Gasteiger partial charge is 0.309 e. The molecule has 0 aliphatic rings. The van der Waals surface area contributed by atoms with Gasteiger partial charge in [0.2, 0.25) is 0 Å². The van der Waals surface area contributed by atoms with Crippen LogP contribution >= 0.6 is 0 Å². The number of nitrogens with zero attached hydrogens (tertiary/aromatic N) is 1. The Hall–Kier alpha value is -1.22. The van der Waals surface area contributed by atoms with E-state index in [1.165, 1.54) is 6.07 Å². The molecule has 1 aromatic carbocycles. The highest BCUT2D eigenvalue weighted by molar-refractivity contribution is 5.67. The Kier molecular flexibility index (Phi) is 5.48. The highest BCUT2D eigenvalue weighted by atomic mass is 19.3. The first kappa shape index (κ1) is 14.8. The summed E-state index contributed by atoms with van der Waals surface area (Å²) in [5, 5.41) is 0. The molecule has 0 aliphatic carbocycles. The summed E-state index contributed by atoms with van der Waals surface area (Å²) >= 11 is 0. The molecule has 100 valence electrons. The Morgan fingerprint density at radius 1 is 1.33 bits per heavy atom. The van der Waals surface area contributed by atoms with Gasteiger partial charge in [0.1, 0.15) is 0 Å². The van der Waals surface area contributed by atoms with Gasteiger partial charge < -0.3 is 4.90 Å². The van der Waals surface area contributed by atoms with Crippen LogP contribution in [0.5, 0.6) is 0 Å². The third-order valence-corrected chi connectivity index (χ3v) is 2.95. The molecule has 1 nitrogen and oxygen atoms in total. The van der Waals surface area contributed by atoms with Gasteiger partial charge in [-0.3, -0.25) is 0 Å². The van der Waals surface area contributed by atoms with Crippen molar-refractivity contribution in [1.82, 2.24) is 4.90 Å². The van der Waals surface area contributed by atoms with Crippen LogP contribution in [0.3, 0.4) is 0 Å². The second kappa shape index (κ2) is 6.64. The molecule has 0 aromatic heterocycles. The summed E-state index contributed by atoms with van der Waals surface area (Å²) in [6.07, 6.45) is -0.397. The lowest BCUT2D eigenvalue weighted by atomic mass is 9.92. The third-order valence-electron chi connectivity index (χ3n) is 2.95. The molecule has 1 aromatic rings. The SMILES string of the molecule is CC=C(c1cccc(C(F)F)c1)C(C)CN(C)C. The fourth-order valence-corrected chi connectivity index (χ4v) is 2.24. The number of hydrogen-bond donors (Lipinski definition) is 0. The summed E-state index contributed by atoms with van der Waals surface area (Å²) in [4.78, 5) is 2.10. The van der Waals surface area contributed by atoms with Crippen LogP contribution in [0.25, 0.3) is 5.57 Å². The van der Waals surface area contributed by atoms with E-state index in [0.717, 1.165) is 17.7 Å². The van der Waals surface area contributed by atoms with Crippen molar-refractivity contribution in [3.8, 4) is 0 Å². The first-order valence-electron chi connectivity index (χ1n) is 6.15. The highest BCUT2D eigenvalue weighted by Crippen LogP contribution is 2.27. The van der Waals surface area contributed by atoms with Crippen LogP contribution in [0, 0.1) is 5.92 Å². The summed E-state index contributed by atoms with van der Waals surface area (Å²) in [6.45, 7) is 4.97. The highest BCUT2D eigenvalue weighted by Gasteiger charge is 2.13. The maximum atomic E-state index is 12.7. The van der Waals surface area contributed by atoms with E-state index in [-0.39, 0.29) is 5.56 Å². The molecule has 0 spiro atoms. The molecular formula is C15H21F2N. The van der Waals surface area contributed by atoms with Crippen molar-refractivity contribution in [3.63, 3.8) is 0 Å². The van der Waals surface area contributed by atoms with Gasteiger partial charge >= 0.3 is 0 Å². The van der Waals surface area contributed by atoms with Crippen molar-refractivity contribution in [1.29, 1.82) is 0 Å². The lowest BCUT2D eigenvalue weighted by Gasteiger charge is -2.20. The molecule has 0 N–H and O–H groups in total. The van der Waals surface area contributed by atoms with E-state index in [1.807, 2.05) is 33.2 Å². The average Bonchev–Trinajstić information content (AvgIpc) is 2.29. The Balaban J connectivity index is 2.99. The van der Waals surface area contributed by atoms with Crippen LogP contribution < -0.4 is 0 Å². The zero-order chi connectivity index (χ0) is 13.7. The van der Waals surface area contributed by atoms with Crippen molar-refractivity contribution in [3.05, 3.63) is 41.5 Å². The van der Waals surface area contributed by atoms with E-state index in [2.05, 4.69) is 11.8 Å². The molecule has 0 amide bonds. The average molecular weight is 253 g/mol. The molecule has 1 unspecified atom stereocenters. The monoisotopic (exact) mass is 253 g/mol. The number of alkyl halides is 2. The maximum Gasteiger partial charge on any atom is 0.263 e. The third kappa shape index (κ3) is 3.91. The number of benzene rings is 1. The minimum atomic E-state index is -2.41. The van der Waals surface area contributed by atoms with E-state index in [9.17, 15) is 8.78 Å². The summed E-state index contributed by atoms with van der Waals surface area (Å²) < 4.78 is 25.4. The van der Waals surface area contributed by atoms with Gasteiger partial charge in [0.15, 0.2) is 0 Å². The minimum Gasteiger partial charge on any atom is -0.309 e. The summed E-state index contributed by atoms with van der Waals surface area (Å²) in [7, 11) is 4.03. The molecular weight excluding hydrogens is 232 g/mol. The van der Waals surface area contributed by atoms with E-state index in [1.54, 1.807) is 12.1 Å². The molecule has 0 saturated heterocycles. The van der Waals surface area contributed by atoms with Gasteiger partial charge in [-0.15, -0.1) is 0 Å². The lowest BCUT2D eigenvalue weighted by molar-refractivity contribution is 0.151. The Labute approximate surface area is 108 Å². The van der Waals surface area contributed by atoms with Crippen LogP contribution in [-0.2, 0) is 0 Å². The van der Waals surface area contributed by atoms with Crippen LogP contribution in [0.4, 0.5) is 8.78 Å². The zero-order valence-electron chi connectivity index (χ0n) is 11.5. The molecule has 3 heteroatoms. The van der Waals surface area contributed by atoms with Gasteiger partial charge in [-0.05, 0) is 44.1 Å². The van der Waals surface area contributed by atoms with E-state index >= 15 is 0 Å². The quantitative estimate of drug-likeness (QED) is 0.759. The van der Waals surface area contributed by atoms with Crippen LogP contribution in [0.2, 0.25) is 0 Å². The molecule has 18 heavy (non-hydrogen) atoms. The molecule has 0 aliphatic heterocycles. The molecule has 1 rings (SSSR count). The van der Waals surface area contributed by atoms with Crippen molar-refractivity contribution in [2.45, 2.75) is 20.3 Å². The summed E-state index contributed by atoms with van der Waals surface area (Å²) in [5.74, 6) is 0.318. The number of halogens is 2. The molecule has 0 heterocycles. The second-order valence-corrected chi connectivity index (χ2v) is 4.83. The molecule has 0 radical (unpaired) electrons.